The molecular formula is C11H20N2O3. The summed E-state index contributed by atoms with van der Waals surface area (Å²) >= 11 is 0. The van der Waals surface area contributed by atoms with E-state index in [1.54, 1.807) is 6.92 Å². The normalized spacial score (nSPS) is 23.8. The molecule has 92 valence electrons. The van der Waals surface area contributed by atoms with Crippen LogP contribution in [0.3, 0.4) is 0 Å². The lowest BCUT2D eigenvalue weighted by atomic mass is 10.0. The number of amides is 1. The van der Waals surface area contributed by atoms with Gasteiger partial charge in [-0.1, -0.05) is 6.92 Å². The summed E-state index contributed by atoms with van der Waals surface area (Å²) in [6.07, 6.45) is 1.96. The summed E-state index contributed by atoms with van der Waals surface area (Å²) in [6, 6.07) is 0.169. The van der Waals surface area contributed by atoms with Crippen LogP contribution in [0.25, 0.3) is 0 Å². The van der Waals surface area contributed by atoms with Crippen molar-refractivity contribution in [3.05, 3.63) is 0 Å². The van der Waals surface area contributed by atoms with Crippen LogP contribution in [0.15, 0.2) is 0 Å². The number of piperidine rings is 1. The van der Waals surface area contributed by atoms with Crippen molar-refractivity contribution in [1.82, 2.24) is 10.2 Å². The van der Waals surface area contributed by atoms with Crippen molar-refractivity contribution in [2.75, 3.05) is 20.1 Å². The quantitative estimate of drug-likeness (QED) is 0.726. The van der Waals surface area contributed by atoms with E-state index in [1.807, 2.05) is 7.05 Å². The van der Waals surface area contributed by atoms with E-state index in [0.29, 0.717) is 0 Å². The van der Waals surface area contributed by atoms with Crippen molar-refractivity contribution in [3.63, 3.8) is 0 Å². The van der Waals surface area contributed by atoms with E-state index in [1.165, 1.54) is 0 Å². The SMILES string of the molecule is CC(CC(=O)O)C(=O)NC1CCCN(C)C1. The molecule has 1 saturated heterocycles. The Morgan fingerprint density at radius 1 is 1.56 bits per heavy atom. The first kappa shape index (κ1) is 13.0. The number of nitrogens with one attached hydrogen (secondary N) is 1. The van der Waals surface area contributed by atoms with Gasteiger partial charge >= 0.3 is 5.97 Å². The summed E-state index contributed by atoms with van der Waals surface area (Å²) in [4.78, 5) is 24.3. The molecule has 2 unspecified atom stereocenters. The minimum Gasteiger partial charge on any atom is -0.481 e. The second-order valence-corrected chi connectivity index (χ2v) is 4.61. The van der Waals surface area contributed by atoms with Crippen LogP contribution in [-0.2, 0) is 9.59 Å². The van der Waals surface area contributed by atoms with E-state index < -0.39 is 11.9 Å². The maximum Gasteiger partial charge on any atom is 0.304 e. The molecule has 0 aromatic heterocycles. The number of carboxylic acid groups (broad SMARTS) is 1. The van der Waals surface area contributed by atoms with Crippen molar-refractivity contribution >= 4 is 11.9 Å². The fraction of sp³-hybridized carbons (Fsp3) is 0.818. The highest BCUT2D eigenvalue weighted by Crippen LogP contribution is 2.09. The van der Waals surface area contributed by atoms with Gasteiger partial charge in [0.2, 0.25) is 5.91 Å². The summed E-state index contributed by atoms with van der Waals surface area (Å²) in [5.74, 6) is -1.53. The van der Waals surface area contributed by atoms with Crippen molar-refractivity contribution in [2.45, 2.75) is 32.2 Å². The molecule has 2 atom stereocenters. The molecule has 0 spiro atoms. The third-order valence-electron chi connectivity index (χ3n) is 2.90. The molecule has 0 bridgehead atoms. The molecule has 0 saturated carbocycles. The third-order valence-corrected chi connectivity index (χ3v) is 2.90. The summed E-state index contributed by atoms with van der Waals surface area (Å²) in [6.45, 7) is 3.57. The molecule has 1 amide bonds. The van der Waals surface area contributed by atoms with Gasteiger partial charge in [-0.05, 0) is 26.4 Å². The second kappa shape index (κ2) is 5.84. The number of carbonyl (C=O) groups is 2. The van der Waals surface area contributed by atoms with Gasteiger partial charge in [0.25, 0.3) is 0 Å². The van der Waals surface area contributed by atoms with Crippen molar-refractivity contribution in [3.8, 4) is 0 Å². The Labute approximate surface area is 95.8 Å². The molecule has 1 rings (SSSR count). The largest absolute Gasteiger partial charge is 0.481 e. The topological polar surface area (TPSA) is 69.6 Å². The van der Waals surface area contributed by atoms with Gasteiger partial charge in [0, 0.05) is 18.5 Å². The molecule has 0 aliphatic carbocycles. The Kier molecular flexibility index (Phi) is 4.73. The van der Waals surface area contributed by atoms with Gasteiger partial charge < -0.3 is 15.3 Å². The molecule has 16 heavy (non-hydrogen) atoms. The highest BCUT2D eigenvalue weighted by molar-refractivity contribution is 5.83. The Bertz CT molecular complexity index is 268. The highest BCUT2D eigenvalue weighted by Gasteiger charge is 2.22. The van der Waals surface area contributed by atoms with Gasteiger partial charge in [0.1, 0.15) is 0 Å². The number of nitrogens with zero attached hydrogens (tertiary/aromatic N) is 1. The molecule has 1 aliphatic rings. The lowest BCUT2D eigenvalue weighted by Gasteiger charge is -2.30. The van der Waals surface area contributed by atoms with E-state index in [2.05, 4.69) is 10.2 Å². The summed E-state index contributed by atoms with van der Waals surface area (Å²) in [5, 5.41) is 11.5. The predicted molar refractivity (Wildman–Crippen MR) is 60.1 cm³/mol. The zero-order valence-corrected chi connectivity index (χ0v) is 9.90. The molecule has 2 N–H and O–H groups in total. The molecule has 5 heteroatoms. The van der Waals surface area contributed by atoms with Crippen molar-refractivity contribution in [2.24, 2.45) is 5.92 Å². The molecule has 0 aromatic carbocycles. The monoisotopic (exact) mass is 228 g/mol. The summed E-state index contributed by atoms with van der Waals surface area (Å²) < 4.78 is 0. The van der Waals surface area contributed by atoms with Crippen LogP contribution in [0.1, 0.15) is 26.2 Å². The van der Waals surface area contributed by atoms with Gasteiger partial charge in [-0.3, -0.25) is 9.59 Å². The summed E-state index contributed by atoms with van der Waals surface area (Å²) in [5.41, 5.74) is 0. The minimum absolute atomic E-state index is 0.103. The van der Waals surface area contributed by atoms with Crippen LogP contribution >= 0.6 is 0 Å². The Morgan fingerprint density at radius 2 is 2.25 bits per heavy atom. The molecule has 0 aromatic rings. The van der Waals surface area contributed by atoms with Crippen LogP contribution in [-0.4, -0.2) is 48.1 Å². The standard InChI is InChI=1S/C11H20N2O3/c1-8(6-10(14)15)11(16)12-9-4-3-5-13(2)7-9/h8-9H,3-7H2,1-2H3,(H,12,16)(H,14,15). The van der Waals surface area contributed by atoms with E-state index in [4.69, 9.17) is 5.11 Å². The predicted octanol–water partition coefficient (Wildman–Crippen LogP) is 0.308. The van der Waals surface area contributed by atoms with E-state index in [9.17, 15) is 9.59 Å². The third kappa shape index (κ3) is 4.18. The van der Waals surface area contributed by atoms with Crippen molar-refractivity contribution < 1.29 is 14.7 Å². The number of hydrogen-bond donors (Lipinski definition) is 2. The van der Waals surface area contributed by atoms with E-state index in [0.717, 1.165) is 25.9 Å². The number of hydrogen-bond acceptors (Lipinski definition) is 3. The number of carbonyl (C=O) groups excluding carboxylic acids is 1. The molecule has 1 aliphatic heterocycles. The van der Waals surface area contributed by atoms with Crippen LogP contribution in [0, 0.1) is 5.92 Å². The van der Waals surface area contributed by atoms with Crippen molar-refractivity contribution in [1.29, 1.82) is 0 Å². The highest BCUT2D eigenvalue weighted by atomic mass is 16.4. The zero-order valence-electron chi connectivity index (χ0n) is 9.90. The first-order valence-electron chi connectivity index (χ1n) is 5.69. The molecule has 5 nitrogen and oxygen atoms in total. The van der Waals surface area contributed by atoms with Gasteiger partial charge in [-0.2, -0.15) is 0 Å². The number of carboxylic acids is 1. The fourth-order valence-electron chi connectivity index (χ4n) is 1.98. The zero-order chi connectivity index (χ0) is 12.1. The lowest BCUT2D eigenvalue weighted by Crippen LogP contribution is -2.47. The first-order valence-corrected chi connectivity index (χ1v) is 5.69. The van der Waals surface area contributed by atoms with Crippen LogP contribution in [0.2, 0.25) is 0 Å². The molecular weight excluding hydrogens is 208 g/mol. The Hall–Kier alpha value is -1.10. The number of rotatable bonds is 4. The maximum atomic E-state index is 11.7. The minimum atomic E-state index is -0.927. The lowest BCUT2D eigenvalue weighted by molar-refractivity contribution is -0.141. The molecule has 0 radical (unpaired) electrons. The van der Waals surface area contributed by atoms with E-state index in [-0.39, 0.29) is 18.4 Å². The average molecular weight is 228 g/mol. The van der Waals surface area contributed by atoms with Gasteiger partial charge in [-0.15, -0.1) is 0 Å². The Balaban J connectivity index is 2.35. The van der Waals surface area contributed by atoms with Crippen LogP contribution < -0.4 is 5.32 Å². The van der Waals surface area contributed by atoms with E-state index >= 15 is 0 Å². The number of likely N-dealkylation sites (tertiary alicyclic amines) is 1. The second-order valence-electron chi connectivity index (χ2n) is 4.61. The summed E-state index contributed by atoms with van der Waals surface area (Å²) in [7, 11) is 2.03. The van der Waals surface area contributed by atoms with Crippen LogP contribution in [0.4, 0.5) is 0 Å². The maximum absolute atomic E-state index is 11.7. The number of aliphatic carboxylic acids is 1. The van der Waals surface area contributed by atoms with Gasteiger partial charge in [0.05, 0.1) is 6.42 Å². The average Bonchev–Trinajstić information content (AvgIpc) is 2.16. The Morgan fingerprint density at radius 3 is 2.81 bits per heavy atom. The molecule has 1 heterocycles. The first-order chi connectivity index (χ1) is 7.49. The molecule has 1 fully saturated rings. The number of likely N-dealkylation sites (N-methyl/N-ethyl adjacent to an activating group) is 1. The van der Waals surface area contributed by atoms with Gasteiger partial charge in [0.15, 0.2) is 0 Å². The van der Waals surface area contributed by atoms with Gasteiger partial charge in [-0.25, -0.2) is 0 Å². The fourth-order valence-corrected chi connectivity index (χ4v) is 1.98. The van der Waals surface area contributed by atoms with Crippen LogP contribution in [0.5, 0.6) is 0 Å². The smallest absolute Gasteiger partial charge is 0.304 e.